The first-order valence-electron chi connectivity index (χ1n) is 7.20. The number of nitrogens with zero attached hydrogens (tertiary/aromatic N) is 1. The molecule has 1 aliphatic rings. The summed E-state index contributed by atoms with van der Waals surface area (Å²) in [6.07, 6.45) is 6.52. The SMILES string of the molecule is CCCC1CCc2nc(CNC(C)(C)C)sc2C1. The maximum atomic E-state index is 4.80. The lowest BCUT2D eigenvalue weighted by atomic mass is 9.88. The molecule has 0 spiro atoms. The molecule has 3 heteroatoms. The molecule has 1 aliphatic carbocycles. The Morgan fingerprint density at radius 3 is 2.83 bits per heavy atom. The highest BCUT2D eigenvalue weighted by atomic mass is 32.1. The second kappa shape index (κ2) is 5.70. The number of aromatic nitrogens is 1. The number of hydrogen-bond donors (Lipinski definition) is 1. The van der Waals surface area contributed by atoms with Gasteiger partial charge in [-0.15, -0.1) is 11.3 Å². The Hall–Kier alpha value is -0.410. The first kappa shape index (κ1) is 14.0. The summed E-state index contributed by atoms with van der Waals surface area (Å²) in [5.74, 6) is 0.909. The van der Waals surface area contributed by atoms with Crippen LogP contribution in [0, 0.1) is 5.92 Å². The molecule has 0 bridgehead atoms. The molecule has 1 unspecified atom stereocenters. The first-order valence-corrected chi connectivity index (χ1v) is 8.02. The van der Waals surface area contributed by atoms with E-state index in [2.05, 4.69) is 33.0 Å². The minimum Gasteiger partial charge on any atom is -0.306 e. The van der Waals surface area contributed by atoms with Crippen LogP contribution in [0.15, 0.2) is 0 Å². The zero-order valence-electron chi connectivity index (χ0n) is 12.2. The van der Waals surface area contributed by atoms with Gasteiger partial charge in [-0.25, -0.2) is 4.98 Å². The fraction of sp³-hybridized carbons (Fsp3) is 0.800. The van der Waals surface area contributed by atoms with Crippen LogP contribution in [0.2, 0.25) is 0 Å². The normalized spacial score (nSPS) is 19.9. The molecule has 18 heavy (non-hydrogen) atoms. The molecule has 102 valence electrons. The molecule has 1 atom stereocenters. The zero-order chi connectivity index (χ0) is 13.2. The second-order valence-corrected chi connectivity index (χ2v) is 7.65. The van der Waals surface area contributed by atoms with Crippen LogP contribution in [0.3, 0.4) is 0 Å². The third-order valence-corrected chi connectivity index (χ3v) is 4.67. The van der Waals surface area contributed by atoms with Gasteiger partial charge in [0.15, 0.2) is 0 Å². The summed E-state index contributed by atoms with van der Waals surface area (Å²) in [6.45, 7) is 9.83. The quantitative estimate of drug-likeness (QED) is 0.893. The number of thiazole rings is 1. The summed E-state index contributed by atoms with van der Waals surface area (Å²) >= 11 is 1.93. The highest BCUT2D eigenvalue weighted by Crippen LogP contribution is 2.32. The summed E-state index contributed by atoms with van der Waals surface area (Å²) in [6, 6.07) is 0. The molecular weight excluding hydrogens is 240 g/mol. The van der Waals surface area contributed by atoms with E-state index in [1.54, 1.807) is 4.88 Å². The molecule has 0 aromatic carbocycles. The minimum absolute atomic E-state index is 0.178. The van der Waals surface area contributed by atoms with Crippen molar-refractivity contribution in [3.05, 3.63) is 15.6 Å². The van der Waals surface area contributed by atoms with Crippen molar-refractivity contribution in [2.75, 3.05) is 0 Å². The molecule has 1 N–H and O–H groups in total. The smallest absolute Gasteiger partial charge is 0.107 e. The monoisotopic (exact) mass is 266 g/mol. The maximum absolute atomic E-state index is 4.80. The molecular formula is C15H26N2S. The largest absolute Gasteiger partial charge is 0.306 e. The molecule has 0 saturated carbocycles. The number of hydrogen-bond acceptors (Lipinski definition) is 3. The van der Waals surface area contributed by atoms with E-state index >= 15 is 0 Å². The Morgan fingerprint density at radius 1 is 1.39 bits per heavy atom. The summed E-state index contributed by atoms with van der Waals surface area (Å²) < 4.78 is 0. The Balaban J connectivity index is 1.97. The van der Waals surface area contributed by atoms with E-state index in [4.69, 9.17) is 4.98 Å². The summed E-state index contributed by atoms with van der Waals surface area (Å²) in [4.78, 5) is 6.36. The molecule has 1 heterocycles. The molecule has 2 rings (SSSR count). The fourth-order valence-electron chi connectivity index (χ4n) is 2.57. The molecule has 1 aromatic rings. The standard InChI is InChI=1S/C15H26N2S/c1-5-6-11-7-8-12-13(9-11)18-14(17-12)10-16-15(2,3)4/h11,16H,5-10H2,1-4H3. The van der Waals surface area contributed by atoms with Gasteiger partial charge in [0.25, 0.3) is 0 Å². The minimum atomic E-state index is 0.178. The van der Waals surface area contributed by atoms with Crippen molar-refractivity contribution in [3.8, 4) is 0 Å². The fourth-order valence-corrected chi connectivity index (χ4v) is 3.74. The molecule has 0 radical (unpaired) electrons. The Morgan fingerprint density at radius 2 is 2.17 bits per heavy atom. The number of aryl methyl sites for hydroxylation is 1. The van der Waals surface area contributed by atoms with Crippen LogP contribution in [0.1, 0.15) is 62.5 Å². The van der Waals surface area contributed by atoms with Gasteiger partial charge in [0.05, 0.1) is 5.69 Å². The molecule has 0 fully saturated rings. The Labute approximate surface area is 115 Å². The van der Waals surface area contributed by atoms with E-state index in [9.17, 15) is 0 Å². The average Bonchev–Trinajstić information content (AvgIpc) is 2.68. The van der Waals surface area contributed by atoms with E-state index in [-0.39, 0.29) is 5.54 Å². The van der Waals surface area contributed by atoms with E-state index < -0.39 is 0 Å². The third kappa shape index (κ3) is 3.79. The third-order valence-electron chi connectivity index (χ3n) is 3.55. The van der Waals surface area contributed by atoms with Crippen molar-refractivity contribution in [1.29, 1.82) is 0 Å². The van der Waals surface area contributed by atoms with E-state index in [0.717, 1.165) is 12.5 Å². The van der Waals surface area contributed by atoms with Crippen LogP contribution in [-0.4, -0.2) is 10.5 Å². The van der Waals surface area contributed by atoms with Crippen molar-refractivity contribution in [3.63, 3.8) is 0 Å². The predicted octanol–water partition coefficient (Wildman–Crippen LogP) is 3.94. The molecule has 0 saturated heterocycles. The summed E-state index contributed by atoms with van der Waals surface area (Å²) in [7, 11) is 0. The number of fused-ring (bicyclic) bond motifs is 1. The highest BCUT2D eigenvalue weighted by molar-refractivity contribution is 7.11. The van der Waals surface area contributed by atoms with Crippen LogP contribution in [-0.2, 0) is 19.4 Å². The van der Waals surface area contributed by atoms with E-state index in [1.165, 1.54) is 42.8 Å². The molecule has 1 aromatic heterocycles. The average molecular weight is 266 g/mol. The van der Waals surface area contributed by atoms with Crippen LogP contribution < -0.4 is 5.32 Å². The van der Waals surface area contributed by atoms with Gasteiger partial charge in [-0.3, -0.25) is 0 Å². The van der Waals surface area contributed by atoms with Crippen LogP contribution in [0.4, 0.5) is 0 Å². The van der Waals surface area contributed by atoms with Gasteiger partial charge in [-0.1, -0.05) is 19.8 Å². The van der Waals surface area contributed by atoms with Crippen molar-refractivity contribution < 1.29 is 0 Å². The van der Waals surface area contributed by atoms with Crippen molar-refractivity contribution in [2.24, 2.45) is 5.92 Å². The van der Waals surface area contributed by atoms with Gasteiger partial charge < -0.3 is 5.32 Å². The van der Waals surface area contributed by atoms with Crippen LogP contribution >= 0.6 is 11.3 Å². The van der Waals surface area contributed by atoms with Crippen LogP contribution in [0.25, 0.3) is 0 Å². The van der Waals surface area contributed by atoms with Crippen LogP contribution in [0.5, 0.6) is 0 Å². The Kier molecular flexibility index (Phi) is 4.44. The number of nitrogens with one attached hydrogen (secondary N) is 1. The van der Waals surface area contributed by atoms with Crippen molar-refractivity contribution in [1.82, 2.24) is 10.3 Å². The maximum Gasteiger partial charge on any atom is 0.107 e. The lowest BCUT2D eigenvalue weighted by Gasteiger charge is -2.20. The van der Waals surface area contributed by atoms with Gasteiger partial charge in [-0.05, 0) is 46.0 Å². The van der Waals surface area contributed by atoms with Crippen molar-refractivity contribution in [2.45, 2.75) is 71.9 Å². The first-order chi connectivity index (χ1) is 8.48. The number of rotatable bonds is 4. The van der Waals surface area contributed by atoms with E-state index in [1.807, 2.05) is 11.3 Å². The second-order valence-electron chi connectivity index (χ2n) is 6.48. The van der Waals surface area contributed by atoms with Gasteiger partial charge in [0.2, 0.25) is 0 Å². The molecule has 0 aliphatic heterocycles. The van der Waals surface area contributed by atoms with E-state index in [0.29, 0.717) is 0 Å². The Bertz CT molecular complexity index is 390. The molecule has 0 amide bonds. The topological polar surface area (TPSA) is 24.9 Å². The lowest BCUT2D eigenvalue weighted by Crippen LogP contribution is -2.35. The lowest BCUT2D eigenvalue weighted by molar-refractivity contribution is 0.419. The summed E-state index contributed by atoms with van der Waals surface area (Å²) in [5, 5.41) is 4.80. The predicted molar refractivity (Wildman–Crippen MR) is 79.1 cm³/mol. The van der Waals surface area contributed by atoms with Gasteiger partial charge in [0, 0.05) is 17.0 Å². The summed E-state index contributed by atoms with van der Waals surface area (Å²) in [5.41, 5.74) is 1.56. The highest BCUT2D eigenvalue weighted by Gasteiger charge is 2.22. The van der Waals surface area contributed by atoms with Crippen molar-refractivity contribution >= 4 is 11.3 Å². The van der Waals surface area contributed by atoms with Gasteiger partial charge >= 0.3 is 0 Å². The zero-order valence-corrected chi connectivity index (χ0v) is 13.0. The van der Waals surface area contributed by atoms with Gasteiger partial charge in [0.1, 0.15) is 5.01 Å². The van der Waals surface area contributed by atoms with Gasteiger partial charge in [-0.2, -0.15) is 0 Å². The molecule has 2 nitrogen and oxygen atoms in total.